The van der Waals surface area contributed by atoms with Gasteiger partial charge < -0.3 is 14.9 Å². The van der Waals surface area contributed by atoms with Crippen LogP contribution in [0.1, 0.15) is 6.92 Å². The predicted molar refractivity (Wildman–Crippen MR) is 130 cm³/mol. The van der Waals surface area contributed by atoms with Gasteiger partial charge >= 0.3 is 59.1 Å². The van der Waals surface area contributed by atoms with Crippen LogP contribution in [0, 0.1) is 0 Å². The maximum absolute atomic E-state index is 13.4. The van der Waals surface area contributed by atoms with E-state index in [-0.39, 0.29) is 81.1 Å². The normalized spacial score (nSPS) is 12.6. The van der Waals surface area contributed by atoms with Gasteiger partial charge in [-0.15, -0.1) is 10.2 Å². The summed E-state index contributed by atoms with van der Waals surface area (Å²) < 4.78 is 96.8. The second-order valence-corrected chi connectivity index (χ2v) is 12.1. The van der Waals surface area contributed by atoms with Crippen molar-refractivity contribution < 1.29 is 108 Å². The molecule has 3 rings (SSSR count). The van der Waals surface area contributed by atoms with Gasteiger partial charge in [-0.1, -0.05) is 12.3 Å². The molecule has 19 heteroatoms. The Balaban J connectivity index is 0.00000400. The maximum atomic E-state index is 13.4. The summed E-state index contributed by atoms with van der Waals surface area (Å²) in [7, 11) is -13.0. The quantitative estimate of drug-likeness (QED) is 0.0805. The molecule has 0 aromatic heterocycles. The summed E-state index contributed by atoms with van der Waals surface area (Å²) in [6, 6.07) is 5.61. The number of hydrogen-bond acceptors (Lipinski definition) is 12. The molecule has 0 radical (unpaired) electrons. The van der Waals surface area contributed by atoms with E-state index in [1.165, 1.54) is 19.2 Å². The van der Waals surface area contributed by atoms with Gasteiger partial charge in [0.15, 0.2) is 9.84 Å². The van der Waals surface area contributed by atoms with Crippen LogP contribution in [0.15, 0.2) is 78.3 Å². The molecule has 0 aliphatic rings. The average molecular weight is 630 g/mol. The number of nitrogens with zero attached hydrogens (tertiary/aromatic N) is 3. The Labute approximate surface area is 273 Å². The zero-order valence-electron chi connectivity index (χ0n) is 21.4. The molecule has 0 aliphatic heterocycles. The van der Waals surface area contributed by atoms with Crippen LogP contribution in [0.25, 0.3) is 10.8 Å². The van der Waals surface area contributed by atoms with Crippen LogP contribution < -0.4 is 74.1 Å². The van der Waals surface area contributed by atoms with Crippen LogP contribution in [0.4, 0.5) is 17.1 Å². The van der Waals surface area contributed by atoms with E-state index in [1.807, 2.05) is 0 Å². The Kier molecular flexibility index (Phi) is 12.1. The van der Waals surface area contributed by atoms with Crippen molar-refractivity contribution in [1.82, 2.24) is 0 Å². The van der Waals surface area contributed by atoms with Crippen molar-refractivity contribution in [3.8, 4) is 11.5 Å². The Morgan fingerprint density at radius 2 is 1.52 bits per heavy atom. The zero-order valence-corrected chi connectivity index (χ0v) is 27.8. The van der Waals surface area contributed by atoms with Crippen LogP contribution in [0.3, 0.4) is 0 Å². The third-order valence-electron chi connectivity index (χ3n) is 4.92. The number of ether oxygens (including phenoxy) is 1. The van der Waals surface area contributed by atoms with E-state index in [9.17, 15) is 44.6 Å². The van der Waals surface area contributed by atoms with Crippen molar-refractivity contribution in [2.45, 2.75) is 21.6 Å². The minimum atomic E-state index is -5.27. The monoisotopic (exact) mass is 629 g/mol. The van der Waals surface area contributed by atoms with Crippen LogP contribution in [0.2, 0.25) is 0 Å². The van der Waals surface area contributed by atoms with Gasteiger partial charge in [0, 0.05) is 16.2 Å². The summed E-state index contributed by atoms with van der Waals surface area (Å²) in [5.41, 5.74) is -1.71. The molecule has 0 unspecified atom stereocenters. The summed E-state index contributed by atoms with van der Waals surface area (Å²) in [4.78, 5) is 1.20. The topological polar surface area (TPSA) is 235 Å². The van der Waals surface area contributed by atoms with Gasteiger partial charge in [0.25, 0.3) is 20.2 Å². The van der Waals surface area contributed by atoms with E-state index >= 15 is 0 Å². The SMILES string of the molecule is C=CS(=O)(=O)c1ccc(OC)c(N=Nc2c(S(=O)(=O)O)cc3c(S(=O)(=O)O)ccc(N=C(C)[O-])c3c2[O-])c1.[Na+].[Na+]. The summed E-state index contributed by atoms with van der Waals surface area (Å²) in [5.74, 6) is -2.19. The second kappa shape index (κ2) is 13.4. The van der Waals surface area contributed by atoms with Gasteiger partial charge in [-0.25, -0.2) is 8.42 Å². The smallest absolute Gasteiger partial charge is 0.870 e. The summed E-state index contributed by atoms with van der Waals surface area (Å²) >= 11 is 0. The van der Waals surface area contributed by atoms with E-state index in [4.69, 9.17) is 4.74 Å². The summed E-state index contributed by atoms with van der Waals surface area (Å²) in [6.07, 6.45) is 0. The Morgan fingerprint density at radius 3 is 2.02 bits per heavy atom. The number of azo groups is 1. The fourth-order valence-electron chi connectivity index (χ4n) is 3.30. The fourth-order valence-corrected chi connectivity index (χ4v) is 5.35. The first kappa shape index (κ1) is 36.1. The van der Waals surface area contributed by atoms with E-state index in [0.717, 1.165) is 25.1 Å². The second-order valence-electron chi connectivity index (χ2n) is 7.38. The minimum absolute atomic E-state index is 0. The van der Waals surface area contributed by atoms with Crippen molar-refractivity contribution in [2.24, 2.45) is 15.2 Å². The number of benzene rings is 3. The number of rotatable bonds is 8. The molecular formula is C21H17N3Na2O11S3. The molecular weight excluding hydrogens is 612 g/mol. The van der Waals surface area contributed by atoms with Crippen molar-refractivity contribution in [1.29, 1.82) is 0 Å². The molecule has 0 amide bonds. The molecule has 0 saturated carbocycles. The van der Waals surface area contributed by atoms with Gasteiger partial charge in [0.1, 0.15) is 21.2 Å². The standard InChI is InChI=1S/C21H19N3O11S3.2Na/c1-4-36(27,28)12-5-7-16(35-3)15(9-12)23-24-20-18(38(32,33)34)10-13-17(37(29,30)31)8-6-14(22-11(2)25)19(13)21(20)26;;/h4-10,26H,1H2,2-3H3,(H,22,25)(H,29,30,31)(H,32,33,34);;/q;2*+1/p-2. The maximum Gasteiger partial charge on any atom is 1.00 e. The van der Waals surface area contributed by atoms with E-state index < -0.39 is 68.0 Å². The van der Waals surface area contributed by atoms with Gasteiger partial charge in [-0.3, -0.25) is 14.1 Å². The Morgan fingerprint density at radius 1 is 0.925 bits per heavy atom. The molecule has 0 fully saturated rings. The van der Waals surface area contributed by atoms with Gasteiger partial charge in [0.05, 0.1) is 23.4 Å². The predicted octanol–water partition coefficient (Wildman–Crippen LogP) is -3.83. The largest absolute Gasteiger partial charge is 1.00 e. The summed E-state index contributed by atoms with van der Waals surface area (Å²) in [6.45, 7) is 4.23. The van der Waals surface area contributed by atoms with Crippen LogP contribution in [0.5, 0.6) is 11.5 Å². The number of aliphatic imine (C=N–C) groups is 1. The molecule has 14 nitrogen and oxygen atoms in total. The van der Waals surface area contributed by atoms with Gasteiger partial charge in [0.2, 0.25) is 0 Å². The molecule has 3 aromatic rings. The van der Waals surface area contributed by atoms with Crippen LogP contribution in [-0.4, -0.2) is 47.4 Å². The first-order chi connectivity index (χ1) is 17.5. The fraction of sp³-hybridized carbons (Fsp3) is 0.0952. The molecule has 2 N–H and O–H groups in total. The number of hydrogen-bond donors (Lipinski definition) is 2. The van der Waals surface area contributed by atoms with E-state index in [2.05, 4.69) is 21.8 Å². The number of methoxy groups -OCH3 is 1. The third-order valence-corrected chi connectivity index (χ3v) is 8.05. The average Bonchev–Trinajstić information content (AvgIpc) is 2.81. The number of fused-ring (bicyclic) bond motifs is 1. The Bertz CT molecular complexity index is 1870. The van der Waals surface area contributed by atoms with Crippen molar-refractivity contribution in [3.63, 3.8) is 0 Å². The van der Waals surface area contributed by atoms with Crippen LogP contribution >= 0.6 is 0 Å². The van der Waals surface area contributed by atoms with Crippen molar-refractivity contribution in [2.75, 3.05) is 7.11 Å². The van der Waals surface area contributed by atoms with Crippen molar-refractivity contribution >= 4 is 63.8 Å². The van der Waals surface area contributed by atoms with E-state index in [1.54, 1.807) is 0 Å². The van der Waals surface area contributed by atoms with Crippen molar-refractivity contribution in [3.05, 3.63) is 48.4 Å². The Hall–Kier alpha value is -1.90. The summed E-state index contributed by atoms with van der Waals surface area (Å²) in [5, 5.41) is 31.7. The van der Waals surface area contributed by atoms with Gasteiger partial charge in [-0.05, 0) is 49.2 Å². The molecule has 3 aromatic carbocycles. The molecule has 0 heterocycles. The number of sulfone groups is 1. The third kappa shape index (κ3) is 7.68. The zero-order chi connectivity index (χ0) is 28.6. The molecule has 0 saturated heterocycles. The molecule has 0 bridgehead atoms. The van der Waals surface area contributed by atoms with Crippen LogP contribution in [-0.2, 0) is 30.1 Å². The van der Waals surface area contributed by atoms with Gasteiger partial charge in [-0.2, -0.15) is 16.8 Å². The molecule has 0 spiro atoms. The molecule has 202 valence electrons. The first-order valence-corrected chi connectivity index (χ1v) is 14.4. The molecule has 0 aliphatic carbocycles. The minimum Gasteiger partial charge on any atom is -0.870 e. The van der Waals surface area contributed by atoms with E-state index in [0.29, 0.717) is 11.5 Å². The molecule has 0 atom stereocenters. The first-order valence-electron chi connectivity index (χ1n) is 9.96. The molecule has 40 heavy (non-hydrogen) atoms.